The van der Waals surface area contributed by atoms with E-state index < -0.39 is 5.91 Å². The molecular weight excluding hydrogens is 352 g/mol. The molecule has 0 aliphatic rings. The lowest BCUT2D eigenvalue weighted by Gasteiger charge is -2.13. The number of carbonyl (C=O) groups is 1. The van der Waals surface area contributed by atoms with Gasteiger partial charge >= 0.3 is 5.91 Å². The third kappa shape index (κ3) is 5.35. The molecule has 7 N–H and O–H groups in total. The number of halogens is 1. The lowest BCUT2D eigenvalue weighted by atomic mass is 9.65. The number of nitrogens with zero attached hydrogens (tertiary/aromatic N) is 3. The summed E-state index contributed by atoms with van der Waals surface area (Å²) in [4.78, 5) is 23.4. The molecule has 1 amide bonds. The first kappa shape index (κ1) is 19.5. The van der Waals surface area contributed by atoms with Gasteiger partial charge in [-0.25, -0.2) is 9.97 Å². The normalized spacial score (nSPS) is 12.5. The number of anilines is 2. The minimum atomic E-state index is -0.743. The van der Waals surface area contributed by atoms with Crippen molar-refractivity contribution in [2.75, 3.05) is 11.5 Å². The first-order valence-corrected chi connectivity index (χ1v) is 8.43. The van der Waals surface area contributed by atoms with E-state index in [1.165, 1.54) is 11.0 Å². The number of nitrogen functional groups attached to an aromatic ring is 2. The number of nitrogens with two attached hydrogens (primary N) is 3. The SMILES string of the molecule is Cc1ccc(BCC(C)N/C(N)=N/C(=O)c2nc(Cl)c(N)nc2N)cc1. The first-order chi connectivity index (χ1) is 12.3. The van der Waals surface area contributed by atoms with Gasteiger partial charge in [-0.05, 0) is 13.8 Å². The molecule has 0 aliphatic heterocycles. The first-order valence-electron chi connectivity index (χ1n) is 8.05. The monoisotopic (exact) mass is 373 g/mol. The van der Waals surface area contributed by atoms with Gasteiger partial charge in [0.25, 0.3) is 0 Å². The Morgan fingerprint density at radius 3 is 2.58 bits per heavy atom. The van der Waals surface area contributed by atoms with E-state index in [9.17, 15) is 4.79 Å². The van der Waals surface area contributed by atoms with Crippen LogP contribution < -0.4 is 28.0 Å². The topological polar surface area (TPSA) is 145 Å². The maximum absolute atomic E-state index is 12.1. The van der Waals surface area contributed by atoms with Crippen LogP contribution in [0.2, 0.25) is 11.5 Å². The van der Waals surface area contributed by atoms with Crippen LogP contribution in [0.4, 0.5) is 11.6 Å². The fraction of sp³-hybridized carbons (Fsp3) is 0.250. The molecule has 0 saturated heterocycles. The van der Waals surface area contributed by atoms with Gasteiger partial charge in [-0.1, -0.05) is 53.2 Å². The molecule has 1 heterocycles. The number of aromatic nitrogens is 2. The molecule has 2 rings (SSSR count). The van der Waals surface area contributed by atoms with Crippen molar-refractivity contribution in [2.24, 2.45) is 10.7 Å². The van der Waals surface area contributed by atoms with Crippen LogP contribution in [0.3, 0.4) is 0 Å². The summed E-state index contributed by atoms with van der Waals surface area (Å²) in [6.07, 6.45) is 0.823. The second kappa shape index (κ2) is 8.53. The molecule has 0 bridgehead atoms. The Labute approximate surface area is 157 Å². The van der Waals surface area contributed by atoms with Crippen molar-refractivity contribution in [3.8, 4) is 0 Å². The molecule has 136 valence electrons. The zero-order valence-corrected chi connectivity index (χ0v) is 15.4. The Kier molecular flexibility index (Phi) is 6.40. The van der Waals surface area contributed by atoms with Crippen LogP contribution in [-0.4, -0.2) is 35.2 Å². The molecule has 0 fully saturated rings. The lowest BCUT2D eigenvalue weighted by Crippen LogP contribution is -2.40. The quantitative estimate of drug-likeness (QED) is 0.333. The van der Waals surface area contributed by atoms with Gasteiger partial charge in [0.1, 0.15) is 0 Å². The molecule has 8 nitrogen and oxygen atoms in total. The molecule has 26 heavy (non-hydrogen) atoms. The van der Waals surface area contributed by atoms with E-state index in [0.29, 0.717) is 0 Å². The standard InChI is InChI=1S/C16H21BClN7O/c1-8-3-5-10(6-4-8)17-7-9(2)22-16(21)25-15(26)11-13(19)24-14(20)12(18)23-11/h3-6,9,17H,7H2,1-2H3,(H4,19,20,24)(H3,21,22,25,26). The van der Waals surface area contributed by atoms with Gasteiger partial charge in [0, 0.05) is 6.04 Å². The number of aliphatic imine (C=N–C) groups is 1. The van der Waals surface area contributed by atoms with E-state index >= 15 is 0 Å². The molecule has 10 heteroatoms. The molecule has 1 atom stereocenters. The van der Waals surface area contributed by atoms with Crippen molar-refractivity contribution < 1.29 is 4.79 Å². The highest BCUT2D eigenvalue weighted by molar-refractivity contribution is 6.53. The minimum absolute atomic E-state index is 0.0197. The fourth-order valence-corrected chi connectivity index (χ4v) is 2.38. The Balaban J connectivity index is 1.95. The maximum atomic E-state index is 12.1. The largest absolute Gasteiger partial charge is 0.382 e. The highest BCUT2D eigenvalue weighted by atomic mass is 35.5. The Hall–Kier alpha value is -2.81. The second-order valence-electron chi connectivity index (χ2n) is 6.01. The number of amides is 1. The van der Waals surface area contributed by atoms with Crippen molar-refractivity contribution in [1.82, 2.24) is 15.3 Å². The van der Waals surface area contributed by atoms with Crippen LogP contribution in [0, 0.1) is 6.92 Å². The summed E-state index contributed by atoms with van der Waals surface area (Å²) < 4.78 is 0. The van der Waals surface area contributed by atoms with E-state index in [-0.39, 0.29) is 34.5 Å². The fourth-order valence-electron chi connectivity index (χ4n) is 2.26. The number of nitrogens with one attached hydrogen (secondary N) is 1. The van der Waals surface area contributed by atoms with E-state index in [1.54, 1.807) is 0 Å². The molecule has 0 aliphatic carbocycles. The van der Waals surface area contributed by atoms with Gasteiger partial charge in [0.15, 0.2) is 35.7 Å². The number of hydrogen-bond acceptors (Lipinski definition) is 5. The van der Waals surface area contributed by atoms with Crippen molar-refractivity contribution in [3.05, 3.63) is 40.7 Å². The molecule has 0 radical (unpaired) electrons. The van der Waals surface area contributed by atoms with Crippen molar-refractivity contribution >= 4 is 47.8 Å². The van der Waals surface area contributed by atoms with Crippen molar-refractivity contribution in [1.29, 1.82) is 0 Å². The minimum Gasteiger partial charge on any atom is -0.382 e. The van der Waals surface area contributed by atoms with E-state index in [1.807, 2.05) is 13.8 Å². The summed E-state index contributed by atoms with van der Waals surface area (Å²) in [5.74, 6) is -0.977. The average molecular weight is 374 g/mol. The highest BCUT2D eigenvalue weighted by Crippen LogP contribution is 2.17. The highest BCUT2D eigenvalue weighted by Gasteiger charge is 2.16. The Morgan fingerprint density at radius 1 is 1.27 bits per heavy atom. The van der Waals surface area contributed by atoms with Crippen LogP contribution in [0.25, 0.3) is 0 Å². The number of hydrogen-bond donors (Lipinski definition) is 4. The van der Waals surface area contributed by atoms with Gasteiger partial charge in [-0.3, -0.25) is 4.79 Å². The third-order valence-corrected chi connectivity index (χ3v) is 3.99. The average Bonchev–Trinajstić information content (AvgIpc) is 2.57. The van der Waals surface area contributed by atoms with Crippen LogP contribution in [0.1, 0.15) is 23.0 Å². The second-order valence-corrected chi connectivity index (χ2v) is 6.36. The van der Waals surface area contributed by atoms with Crippen molar-refractivity contribution in [2.45, 2.75) is 26.2 Å². The summed E-state index contributed by atoms with van der Waals surface area (Å²) in [6, 6.07) is 8.35. The zero-order valence-electron chi connectivity index (χ0n) is 14.7. The number of carbonyl (C=O) groups excluding carboxylic acids is 1. The van der Waals surface area contributed by atoms with E-state index in [0.717, 1.165) is 13.6 Å². The summed E-state index contributed by atoms with van der Waals surface area (Å²) >= 11 is 5.76. The summed E-state index contributed by atoms with van der Waals surface area (Å²) in [7, 11) is 0.877. The predicted molar refractivity (Wildman–Crippen MR) is 107 cm³/mol. The molecule has 2 aromatic rings. The molecule has 1 aromatic carbocycles. The zero-order chi connectivity index (χ0) is 19.3. The van der Waals surface area contributed by atoms with Gasteiger partial charge in [-0.15, -0.1) is 0 Å². The molecule has 0 spiro atoms. The van der Waals surface area contributed by atoms with Crippen LogP contribution in [-0.2, 0) is 0 Å². The predicted octanol–water partition coefficient (Wildman–Crippen LogP) is 0.216. The van der Waals surface area contributed by atoms with Crippen LogP contribution in [0.5, 0.6) is 0 Å². The molecule has 1 aromatic heterocycles. The van der Waals surface area contributed by atoms with Gasteiger partial charge in [0.05, 0.1) is 0 Å². The number of benzene rings is 1. The van der Waals surface area contributed by atoms with E-state index in [2.05, 4.69) is 44.5 Å². The number of guanidine groups is 1. The lowest BCUT2D eigenvalue weighted by molar-refractivity contribution is 0.0998. The smallest absolute Gasteiger partial charge is 0.302 e. The van der Waals surface area contributed by atoms with Crippen molar-refractivity contribution in [3.63, 3.8) is 0 Å². The van der Waals surface area contributed by atoms with Gasteiger partial charge in [-0.2, -0.15) is 4.99 Å². The Morgan fingerprint density at radius 2 is 1.92 bits per heavy atom. The number of rotatable bonds is 5. The molecular formula is C16H21BClN7O. The van der Waals surface area contributed by atoms with Gasteiger partial charge in [0.2, 0.25) is 0 Å². The third-order valence-electron chi connectivity index (χ3n) is 3.71. The summed E-state index contributed by atoms with van der Waals surface area (Å²) in [5, 5.41) is 2.85. The summed E-state index contributed by atoms with van der Waals surface area (Å²) in [6.45, 7) is 4.00. The number of aryl methyl sites for hydroxylation is 1. The van der Waals surface area contributed by atoms with Crippen LogP contribution in [0.15, 0.2) is 29.3 Å². The molecule has 0 saturated carbocycles. The van der Waals surface area contributed by atoms with Gasteiger partial charge < -0.3 is 22.5 Å². The molecule has 1 unspecified atom stereocenters. The summed E-state index contributed by atoms with van der Waals surface area (Å²) in [5.41, 5.74) is 19.2. The van der Waals surface area contributed by atoms with E-state index in [4.69, 9.17) is 28.8 Å². The Bertz CT molecular complexity index is 826. The van der Waals surface area contributed by atoms with Crippen LogP contribution >= 0.6 is 11.6 Å². The maximum Gasteiger partial charge on any atom is 0.302 e.